The number of carbonyl (C=O) groups excluding carboxylic acids is 1. The molecule has 0 aromatic rings. The molecule has 0 N–H and O–H groups in total. The number of hydrogen-bond donors (Lipinski definition) is 0. The van der Waals surface area contributed by atoms with Crippen molar-refractivity contribution in [2.45, 2.75) is 32.7 Å². The third-order valence-electron chi connectivity index (χ3n) is 2.63. The monoisotopic (exact) mass is 192 g/mol. The highest BCUT2D eigenvalue weighted by Gasteiger charge is 2.18. The molecule has 1 aliphatic rings. The van der Waals surface area contributed by atoms with E-state index < -0.39 is 0 Å². The van der Waals surface area contributed by atoms with Crippen LogP contribution in [0.2, 0.25) is 0 Å². The maximum absolute atomic E-state index is 9.79. The molecule has 3 nitrogen and oxygen atoms in total. The van der Waals surface area contributed by atoms with E-state index in [9.17, 15) is 4.79 Å². The maximum Gasteiger partial charge on any atom is 0.249 e. The number of likely N-dealkylation sites (tertiary alicyclic amines) is 1. The van der Waals surface area contributed by atoms with Gasteiger partial charge in [-0.05, 0) is 39.8 Å². The molecule has 1 aliphatic heterocycles. The first-order valence-corrected chi connectivity index (χ1v) is 5.05. The van der Waals surface area contributed by atoms with Crippen LogP contribution in [0, 0.1) is 17.9 Å². The predicted octanol–water partition coefficient (Wildman–Crippen LogP) is 1.40. The van der Waals surface area contributed by atoms with Gasteiger partial charge in [0.25, 0.3) is 0 Å². The van der Waals surface area contributed by atoms with Crippen LogP contribution in [-0.2, 0) is 4.79 Å². The highest BCUT2D eigenvalue weighted by atomic mass is 16.1. The van der Waals surface area contributed by atoms with E-state index in [1.165, 1.54) is 6.08 Å². The molecule has 0 radical (unpaired) electrons. The predicted molar refractivity (Wildman–Crippen MR) is 55.3 cm³/mol. The molecule has 0 aliphatic carbocycles. The first-order valence-electron chi connectivity index (χ1n) is 5.05. The van der Waals surface area contributed by atoms with Crippen molar-refractivity contribution in [2.24, 2.45) is 10.9 Å². The second kappa shape index (κ2) is 5.59. The molecule has 76 valence electrons. The minimum atomic E-state index is 0.405. The summed E-state index contributed by atoms with van der Waals surface area (Å²) in [7, 11) is 0. The van der Waals surface area contributed by atoms with Gasteiger partial charge in [0.05, 0.1) is 0 Å². The minimum absolute atomic E-state index is 0.405. The van der Waals surface area contributed by atoms with Gasteiger partial charge in [-0.3, -0.25) is 0 Å². The van der Waals surface area contributed by atoms with Crippen LogP contribution in [0.4, 0.5) is 0 Å². The van der Waals surface area contributed by atoms with E-state index in [0.717, 1.165) is 25.9 Å². The van der Waals surface area contributed by atoms with Crippen LogP contribution in [0.5, 0.6) is 0 Å². The smallest absolute Gasteiger partial charge is 0.249 e. The van der Waals surface area contributed by atoms with Gasteiger partial charge in [-0.1, -0.05) is 5.92 Å². The van der Waals surface area contributed by atoms with Gasteiger partial charge in [0.1, 0.15) is 0 Å². The maximum atomic E-state index is 9.79. The van der Waals surface area contributed by atoms with Gasteiger partial charge < -0.3 is 4.90 Å². The number of piperidine rings is 1. The highest BCUT2D eigenvalue weighted by molar-refractivity contribution is 5.36. The van der Waals surface area contributed by atoms with E-state index in [0.29, 0.717) is 12.0 Å². The van der Waals surface area contributed by atoms with Crippen LogP contribution in [0.15, 0.2) is 4.99 Å². The molecule has 0 atom stereocenters. The van der Waals surface area contributed by atoms with E-state index >= 15 is 0 Å². The zero-order chi connectivity index (χ0) is 10.4. The quantitative estimate of drug-likeness (QED) is 0.357. The summed E-state index contributed by atoms with van der Waals surface area (Å²) in [5, 5.41) is 0. The van der Waals surface area contributed by atoms with E-state index in [-0.39, 0.29) is 0 Å². The number of nitrogens with zero attached hydrogens (tertiary/aromatic N) is 2. The third-order valence-corrected chi connectivity index (χ3v) is 2.63. The Bertz CT molecular complexity index is 273. The van der Waals surface area contributed by atoms with Crippen molar-refractivity contribution in [3.8, 4) is 12.0 Å². The molecule has 0 aromatic heterocycles. The Hall–Kier alpha value is -1.10. The lowest BCUT2D eigenvalue weighted by Crippen LogP contribution is -2.38. The summed E-state index contributed by atoms with van der Waals surface area (Å²) in [5.41, 5.74) is 0. The van der Waals surface area contributed by atoms with Gasteiger partial charge in [-0.2, -0.15) is 0 Å². The van der Waals surface area contributed by atoms with Crippen molar-refractivity contribution in [3.05, 3.63) is 0 Å². The van der Waals surface area contributed by atoms with Crippen LogP contribution >= 0.6 is 0 Å². The summed E-state index contributed by atoms with van der Waals surface area (Å²) < 4.78 is 0. The van der Waals surface area contributed by atoms with E-state index in [2.05, 4.69) is 35.7 Å². The Morgan fingerprint density at radius 3 is 2.50 bits per heavy atom. The Kier molecular flexibility index (Phi) is 4.39. The Labute approximate surface area is 85.2 Å². The lowest BCUT2D eigenvalue weighted by atomic mass is 9.97. The van der Waals surface area contributed by atoms with Crippen molar-refractivity contribution in [1.82, 2.24) is 4.90 Å². The zero-order valence-corrected chi connectivity index (χ0v) is 8.79. The molecule has 0 aromatic carbocycles. The average molecular weight is 192 g/mol. The molecule has 1 saturated heterocycles. The Morgan fingerprint density at radius 1 is 1.36 bits per heavy atom. The fourth-order valence-corrected chi connectivity index (χ4v) is 1.71. The van der Waals surface area contributed by atoms with Gasteiger partial charge in [0, 0.05) is 18.0 Å². The summed E-state index contributed by atoms with van der Waals surface area (Å²) in [6, 6.07) is 3.10. The largest absolute Gasteiger partial charge is 0.301 e. The van der Waals surface area contributed by atoms with Gasteiger partial charge in [0.2, 0.25) is 6.08 Å². The van der Waals surface area contributed by atoms with Crippen molar-refractivity contribution < 1.29 is 4.79 Å². The molecule has 1 heterocycles. The van der Waals surface area contributed by atoms with Crippen molar-refractivity contribution in [3.63, 3.8) is 0 Å². The normalized spacial score (nSPS) is 18.5. The molecule has 0 spiro atoms. The number of rotatable bonds is 1. The molecule has 0 saturated carbocycles. The third kappa shape index (κ3) is 3.33. The topological polar surface area (TPSA) is 32.7 Å². The first-order chi connectivity index (χ1) is 6.74. The summed E-state index contributed by atoms with van der Waals surface area (Å²) in [5.74, 6) is 3.38. The standard InChI is InChI=1S/C11H16N2O/c1-10(2)13-7-4-11(5-8-13)3-6-12-9-14/h10-11H,4-5,7-8H2,1-2H3. The highest BCUT2D eigenvalue weighted by Crippen LogP contribution is 2.17. The van der Waals surface area contributed by atoms with Crippen LogP contribution in [0.3, 0.4) is 0 Å². The van der Waals surface area contributed by atoms with E-state index in [1.807, 2.05) is 0 Å². The van der Waals surface area contributed by atoms with Gasteiger partial charge in [0.15, 0.2) is 0 Å². The molecular weight excluding hydrogens is 176 g/mol. The second-order valence-electron chi connectivity index (χ2n) is 3.86. The van der Waals surface area contributed by atoms with E-state index in [4.69, 9.17) is 0 Å². The van der Waals surface area contributed by atoms with Crippen molar-refractivity contribution in [2.75, 3.05) is 13.1 Å². The molecule has 1 fully saturated rings. The summed E-state index contributed by atoms with van der Waals surface area (Å²) in [4.78, 5) is 15.5. The van der Waals surface area contributed by atoms with Crippen LogP contribution < -0.4 is 0 Å². The van der Waals surface area contributed by atoms with E-state index in [1.54, 1.807) is 0 Å². The van der Waals surface area contributed by atoms with Crippen LogP contribution in [0.1, 0.15) is 26.7 Å². The minimum Gasteiger partial charge on any atom is -0.301 e. The lowest BCUT2D eigenvalue weighted by molar-refractivity contribution is 0.167. The molecule has 14 heavy (non-hydrogen) atoms. The first kappa shape index (κ1) is 11.0. The SMILES string of the molecule is CC(C)N1CCC(C#CN=C=O)CC1. The van der Waals surface area contributed by atoms with Gasteiger partial charge in [-0.15, -0.1) is 4.99 Å². The summed E-state index contributed by atoms with van der Waals surface area (Å²) in [6.07, 6.45) is 3.59. The number of hydrogen-bond acceptors (Lipinski definition) is 3. The van der Waals surface area contributed by atoms with Gasteiger partial charge in [-0.25, -0.2) is 4.79 Å². The molecular formula is C11H16N2O. The fourth-order valence-electron chi connectivity index (χ4n) is 1.71. The molecule has 0 amide bonds. The van der Waals surface area contributed by atoms with Gasteiger partial charge >= 0.3 is 0 Å². The molecule has 1 rings (SSSR count). The van der Waals surface area contributed by atoms with Crippen LogP contribution in [-0.4, -0.2) is 30.1 Å². The van der Waals surface area contributed by atoms with Crippen molar-refractivity contribution >= 4 is 6.08 Å². The summed E-state index contributed by atoms with van der Waals surface area (Å²) >= 11 is 0. The molecule has 3 heteroatoms. The second-order valence-corrected chi connectivity index (χ2v) is 3.86. The Balaban J connectivity index is 2.37. The summed E-state index contributed by atoms with van der Waals surface area (Å²) in [6.45, 7) is 6.62. The van der Waals surface area contributed by atoms with Crippen LogP contribution in [0.25, 0.3) is 0 Å². The molecule has 0 unspecified atom stereocenters. The Morgan fingerprint density at radius 2 is 2.00 bits per heavy atom. The lowest BCUT2D eigenvalue weighted by Gasteiger charge is -2.32. The molecule has 0 bridgehead atoms. The average Bonchev–Trinajstić information content (AvgIpc) is 2.19. The number of isocyanates is 1. The fraction of sp³-hybridized carbons (Fsp3) is 0.727. The number of aliphatic imine (C=N–C) groups is 1. The van der Waals surface area contributed by atoms with Crippen molar-refractivity contribution in [1.29, 1.82) is 0 Å². The zero-order valence-electron chi connectivity index (χ0n) is 8.79.